The molecule has 0 bridgehead atoms. The summed E-state index contributed by atoms with van der Waals surface area (Å²) in [6.07, 6.45) is 0.321. The summed E-state index contributed by atoms with van der Waals surface area (Å²) in [6, 6.07) is 0. The van der Waals surface area contributed by atoms with E-state index in [9.17, 15) is 4.79 Å². The fraction of sp³-hybridized carbons (Fsp3) is 0.857. The number of carboxylic acid groups (broad SMARTS) is 1. The maximum absolute atomic E-state index is 10.5. The Morgan fingerprint density at radius 2 is 2.09 bits per heavy atom. The normalized spacial score (nSPS) is 37.5. The van der Waals surface area contributed by atoms with Crippen molar-refractivity contribution in [3.05, 3.63) is 0 Å². The Balaban J connectivity index is 2.63. The van der Waals surface area contributed by atoms with Gasteiger partial charge in [0.15, 0.2) is 0 Å². The maximum atomic E-state index is 10.5. The first kappa shape index (κ1) is 8.49. The second-order valence-electron chi connectivity index (χ2n) is 2.95. The third kappa shape index (κ3) is 1.52. The van der Waals surface area contributed by atoms with Crippen molar-refractivity contribution in [1.82, 2.24) is 0 Å². The van der Waals surface area contributed by atoms with Gasteiger partial charge in [0.05, 0.1) is 12.0 Å². The second kappa shape index (κ2) is 3.19. The fourth-order valence-electron chi connectivity index (χ4n) is 1.63. The highest BCUT2D eigenvalue weighted by atomic mass is 16.4. The van der Waals surface area contributed by atoms with E-state index in [1.54, 1.807) is 0 Å². The van der Waals surface area contributed by atoms with Gasteiger partial charge in [0.25, 0.3) is 0 Å². The molecule has 0 aromatic heterocycles. The van der Waals surface area contributed by atoms with Crippen LogP contribution in [-0.4, -0.2) is 34.0 Å². The lowest BCUT2D eigenvalue weighted by atomic mass is 9.96. The van der Waals surface area contributed by atoms with Crippen LogP contribution in [-0.2, 0) is 4.79 Å². The van der Waals surface area contributed by atoms with Crippen LogP contribution in [0.4, 0.5) is 0 Å². The maximum Gasteiger partial charge on any atom is 0.309 e. The molecule has 3 atom stereocenters. The molecule has 0 radical (unpaired) electrons. The van der Waals surface area contributed by atoms with Crippen LogP contribution >= 0.6 is 0 Å². The third-order valence-corrected chi connectivity index (χ3v) is 2.28. The number of rotatable bonds is 2. The molecule has 3 unspecified atom stereocenters. The summed E-state index contributed by atoms with van der Waals surface area (Å²) < 4.78 is 0. The molecule has 1 aliphatic rings. The predicted octanol–water partition coefficient (Wildman–Crippen LogP) is -0.550. The highest BCUT2D eigenvalue weighted by Gasteiger charge is 2.39. The monoisotopic (exact) mass is 160 g/mol. The molecule has 64 valence electrons. The Labute approximate surface area is 64.5 Å². The average Bonchev–Trinajstić information content (AvgIpc) is 2.30. The van der Waals surface area contributed by atoms with Crippen LogP contribution in [0.5, 0.6) is 0 Å². The Morgan fingerprint density at radius 1 is 1.45 bits per heavy atom. The van der Waals surface area contributed by atoms with Crippen molar-refractivity contribution >= 4 is 5.97 Å². The fourth-order valence-corrected chi connectivity index (χ4v) is 1.63. The lowest BCUT2D eigenvalue weighted by Crippen LogP contribution is -2.29. The van der Waals surface area contributed by atoms with Crippen LogP contribution in [0.15, 0.2) is 0 Å². The van der Waals surface area contributed by atoms with E-state index in [0.29, 0.717) is 12.8 Å². The topological polar surface area (TPSA) is 77.8 Å². The average molecular weight is 160 g/mol. The van der Waals surface area contributed by atoms with E-state index in [4.69, 9.17) is 15.3 Å². The molecular weight excluding hydrogens is 148 g/mol. The summed E-state index contributed by atoms with van der Waals surface area (Å²) in [5.41, 5.74) is 0. The molecule has 0 spiro atoms. The van der Waals surface area contributed by atoms with Gasteiger partial charge in [0.2, 0.25) is 0 Å². The SMILES string of the molecule is O=C(O)C1C(O)CCC1CO. The molecule has 1 rings (SSSR count). The molecule has 0 heterocycles. The number of carbonyl (C=O) groups is 1. The van der Waals surface area contributed by atoms with Gasteiger partial charge in [0, 0.05) is 6.61 Å². The van der Waals surface area contributed by atoms with Crippen LogP contribution in [0.25, 0.3) is 0 Å². The first-order chi connectivity index (χ1) is 5.16. The van der Waals surface area contributed by atoms with Crippen molar-refractivity contribution < 1.29 is 20.1 Å². The van der Waals surface area contributed by atoms with E-state index < -0.39 is 18.0 Å². The van der Waals surface area contributed by atoms with E-state index in [0.717, 1.165) is 0 Å². The molecule has 11 heavy (non-hydrogen) atoms. The van der Waals surface area contributed by atoms with Crippen molar-refractivity contribution in [3.8, 4) is 0 Å². The van der Waals surface area contributed by atoms with Crippen LogP contribution in [0.3, 0.4) is 0 Å². The zero-order valence-electron chi connectivity index (χ0n) is 6.10. The van der Waals surface area contributed by atoms with Gasteiger partial charge in [-0.15, -0.1) is 0 Å². The van der Waals surface area contributed by atoms with Gasteiger partial charge >= 0.3 is 5.97 Å². The quantitative estimate of drug-likeness (QED) is 0.506. The Morgan fingerprint density at radius 3 is 2.45 bits per heavy atom. The van der Waals surface area contributed by atoms with Gasteiger partial charge < -0.3 is 15.3 Å². The van der Waals surface area contributed by atoms with E-state index >= 15 is 0 Å². The largest absolute Gasteiger partial charge is 0.481 e. The zero-order chi connectivity index (χ0) is 8.43. The minimum Gasteiger partial charge on any atom is -0.481 e. The number of carboxylic acids is 1. The summed E-state index contributed by atoms with van der Waals surface area (Å²) in [5.74, 6) is -2.03. The molecular formula is C7H12O4. The number of hydrogen-bond acceptors (Lipinski definition) is 3. The van der Waals surface area contributed by atoms with Gasteiger partial charge in [-0.05, 0) is 18.8 Å². The van der Waals surface area contributed by atoms with Crippen LogP contribution in [0, 0.1) is 11.8 Å². The van der Waals surface area contributed by atoms with Crippen molar-refractivity contribution in [2.45, 2.75) is 18.9 Å². The molecule has 1 saturated carbocycles. The number of hydrogen-bond donors (Lipinski definition) is 3. The summed E-state index contributed by atoms with van der Waals surface area (Å²) >= 11 is 0. The molecule has 4 heteroatoms. The van der Waals surface area contributed by atoms with Crippen LogP contribution < -0.4 is 0 Å². The number of aliphatic hydroxyl groups is 2. The standard InChI is InChI=1S/C7H12O4/c8-3-4-1-2-5(9)6(4)7(10)11/h4-6,8-9H,1-3H2,(H,10,11). The summed E-state index contributed by atoms with van der Waals surface area (Å²) in [6.45, 7) is -0.145. The van der Waals surface area contributed by atoms with Crippen molar-refractivity contribution in [3.63, 3.8) is 0 Å². The highest BCUT2D eigenvalue weighted by molar-refractivity contribution is 5.71. The Bertz CT molecular complexity index is 157. The van der Waals surface area contributed by atoms with Gasteiger partial charge in [-0.2, -0.15) is 0 Å². The van der Waals surface area contributed by atoms with Crippen molar-refractivity contribution in [2.24, 2.45) is 11.8 Å². The second-order valence-corrected chi connectivity index (χ2v) is 2.95. The van der Waals surface area contributed by atoms with Gasteiger partial charge in [0.1, 0.15) is 0 Å². The number of aliphatic carboxylic acids is 1. The minimum atomic E-state index is -1.01. The van der Waals surface area contributed by atoms with Gasteiger partial charge in [-0.3, -0.25) is 4.79 Å². The predicted molar refractivity (Wildman–Crippen MR) is 36.9 cm³/mol. The molecule has 0 aromatic carbocycles. The Hall–Kier alpha value is -0.610. The molecule has 4 nitrogen and oxygen atoms in total. The first-order valence-corrected chi connectivity index (χ1v) is 3.68. The van der Waals surface area contributed by atoms with Gasteiger partial charge in [-0.25, -0.2) is 0 Å². The Kier molecular flexibility index (Phi) is 2.46. The molecule has 1 aliphatic carbocycles. The van der Waals surface area contributed by atoms with Crippen LogP contribution in [0.2, 0.25) is 0 Å². The summed E-state index contributed by atoms with van der Waals surface area (Å²) in [5, 5.41) is 26.5. The summed E-state index contributed by atoms with van der Waals surface area (Å²) in [4.78, 5) is 10.5. The van der Waals surface area contributed by atoms with Gasteiger partial charge in [-0.1, -0.05) is 0 Å². The van der Waals surface area contributed by atoms with Crippen molar-refractivity contribution in [2.75, 3.05) is 6.61 Å². The smallest absolute Gasteiger partial charge is 0.309 e. The molecule has 0 amide bonds. The minimum absolute atomic E-state index is 0.145. The zero-order valence-corrected chi connectivity index (χ0v) is 6.10. The molecule has 0 aliphatic heterocycles. The van der Waals surface area contributed by atoms with E-state index in [1.807, 2.05) is 0 Å². The molecule has 1 fully saturated rings. The van der Waals surface area contributed by atoms with E-state index in [1.165, 1.54) is 0 Å². The van der Waals surface area contributed by atoms with E-state index in [-0.39, 0.29) is 12.5 Å². The third-order valence-electron chi connectivity index (χ3n) is 2.28. The molecule has 0 aromatic rings. The highest BCUT2D eigenvalue weighted by Crippen LogP contribution is 2.31. The lowest BCUT2D eigenvalue weighted by Gasteiger charge is -2.14. The molecule has 0 saturated heterocycles. The van der Waals surface area contributed by atoms with Crippen molar-refractivity contribution in [1.29, 1.82) is 0 Å². The molecule has 3 N–H and O–H groups in total. The number of aliphatic hydroxyl groups excluding tert-OH is 2. The van der Waals surface area contributed by atoms with Crippen LogP contribution in [0.1, 0.15) is 12.8 Å². The lowest BCUT2D eigenvalue weighted by molar-refractivity contribution is -0.146. The summed E-state index contributed by atoms with van der Waals surface area (Å²) in [7, 11) is 0. The first-order valence-electron chi connectivity index (χ1n) is 3.68. The van der Waals surface area contributed by atoms with E-state index in [2.05, 4.69) is 0 Å².